The van der Waals surface area contributed by atoms with Crippen LogP contribution in [0.5, 0.6) is 0 Å². The van der Waals surface area contributed by atoms with E-state index in [0.717, 1.165) is 17.5 Å². The Labute approximate surface area is 119 Å². The number of rotatable bonds is 4. The Hall–Kier alpha value is -1.93. The third-order valence-electron chi connectivity index (χ3n) is 4.05. The highest BCUT2D eigenvalue weighted by Crippen LogP contribution is 2.23. The molecule has 2 nitrogen and oxygen atoms in total. The van der Waals surface area contributed by atoms with Crippen molar-refractivity contribution in [2.24, 2.45) is 5.73 Å². The van der Waals surface area contributed by atoms with Crippen molar-refractivity contribution < 1.29 is 4.79 Å². The highest BCUT2D eigenvalue weighted by molar-refractivity contribution is 5.87. The van der Waals surface area contributed by atoms with Crippen LogP contribution in [0.4, 0.5) is 0 Å². The Morgan fingerprint density at radius 3 is 2.60 bits per heavy atom. The molecule has 0 radical (unpaired) electrons. The number of carbonyl (C=O) groups is 1. The van der Waals surface area contributed by atoms with E-state index < -0.39 is 6.04 Å². The summed E-state index contributed by atoms with van der Waals surface area (Å²) in [6.07, 6.45) is 3.97. The molecule has 20 heavy (non-hydrogen) atoms. The first kappa shape index (κ1) is 13.1. The monoisotopic (exact) mass is 265 g/mol. The van der Waals surface area contributed by atoms with Crippen molar-refractivity contribution in [1.82, 2.24) is 0 Å². The van der Waals surface area contributed by atoms with E-state index in [1.807, 2.05) is 30.3 Å². The van der Waals surface area contributed by atoms with E-state index in [-0.39, 0.29) is 5.78 Å². The Morgan fingerprint density at radius 1 is 1.05 bits per heavy atom. The fourth-order valence-corrected chi connectivity index (χ4v) is 2.89. The van der Waals surface area contributed by atoms with Gasteiger partial charge >= 0.3 is 0 Å². The predicted molar refractivity (Wildman–Crippen MR) is 80.5 cm³/mol. The number of aryl methyl sites for hydroxylation is 2. The van der Waals surface area contributed by atoms with E-state index in [0.29, 0.717) is 6.42 Å². The van der Waals surface area contributed by atoms with E-state index in [1.165, 1.54) is 24.0 Å². The van der Waals surface area contributed by atoms with Gasteiger partial charge in [0.2, 0.25) is 0 Å². The smallest absolute Gasteiger partial charge is 0.158 e. The molecule has 2 aromatic rings. The summed E-state index contributed by atoms with van der Waals surface area (Å²) in [4.78, 5) is 12.3. The second-order valence-electron chi connectivity index (χ2n) is 5.49. The Bertz CT molecular complexity index is 619. The van der Waals surface area contributed by atoms with Crippen LogP contribution >= 0.6 is 0 Å². The highest BCUT2D eigenvalue weighted by atomic mass is 16.1. The van der Waals surface area contributed by atoms with Gasteiger partial charge in [-0.05, 0) is 41.5 Å². The molecule has 0 saturated carbocycles. The molecule has 0 amide bonds. The lowest BCUT2D eigenvalue weighted by Crippen LogP contribution is -2.23. The van der Waals surface area contributed by atoms with Crippen molar-refractivity contribution in [2.45, 2.75) is 31.7 Å². The maximum absolute atomic E-state index is 12.3. The van der Waals surface area contributed by atoms with Crippen molar-refractivity contribution in [3.63, 3.8) is 0 Å². The van der Waals surface area contributed by atoms with Crippen LogP contribution in [-0.4, -0.2) is 5.78 Å². The Morgan fingerprint density at radius 2 is 1.80 bits per heavy atom. The zero-order chi connectivity index (χ0) is 13.9. The average molecular weight is 265 g/mol. The molecular formula is C18H19NO. The Balaban J connectivity index is 1.73. The van der Waals surface area contributed by atoms with E-state index >= 15 is 0 Å². The van der Waals surface area contributed by atoms with Crippen molar-refractivity contribution in [1.29, 1.82) is 0 Å². The molecule has 0 aliphatic heterocycles. The molecule has 1 aliphatic carbocycles. The number of hydrogen-bond acceptors (Lipinski definition) is 2. The van der Waals surface area contributed by atoms with Gasteiger partial charge in [-0.15, -0.1) is 0 Å². The second-order valence-corrected chi connectivity index (χ2v) is 5.49. The quantitative estimate of drug-likeness (QED) is 0.923. The van der Waals surface area contributed by atoms with Crippen LogP contribution in [0, 0.1) is 0 Å². The molecule has 2 aromatic carbocycles. The minimum absolute atomic E-state index is 0.0779. The van der Waals surface area contributed by atoms with Crippen LogP contribution in [0.1, 0.15) is 34.7 Å². The van der Waals surface area contributed by atoms with Crippen LogP contribution in [0.3, 0.4) is 0 Å². The normalized spacial score (nSPS) is 14.8. The molecule has 1 aliphatic rings. The summed E-state index contributed by atoms with van der Waals surface area (Å²) in [5.41, 5.74) is 10.9. The number of hydrogen-bond donors (Lipinski definition) is 1. The minimum Gasteiger partial charge on any atom is -0.318 e. The number of fused-ring (bicyclic) bond motifs is 1. The molecule has 0 aromatic heterocycles. The number of ketones is 1. The van der Waals surface area contributed by atoms with Crippen LogP contribution in [0.25, 0.3) is 0 Å². The lowest BCUT2D eigenvalue weighted by molar-refractivity contribution is -0.119. The summed E-state index contributed by atoms with van der Waals surface area (Å²) in [5.74, 6) is 0.0779. The molecule has 3 rings (SSSR count). The molecule has 1 atom stereocenters. The minimum atomic E-state index is -0.524. The lowest BCUT2D eigenvalue weighted by atomic mass is 9.96. The maximum Gasteiger partial charge on any atom is 0.158 e. The van der Waals surface area contributed by atoms with Gasteiger partial charge in [-0.3, -0.25) is 4.79 Å². The highest BCUT2D eigenvalue weighted by Gasteiger charge is 2.17. The maximum atomic E-state index is 12.3. The summed E-state index contributed by atoms with van der Waals surface area (Å²) in [6.45, 7) is 0. The van der Waals surface area contributed by atoms with Gasteiger partial charge in [0.25, 0.3) is 0 Å². The first-order valence-electron chi connectivity index (χ1n) is 7.18. The zero-order valence-corrected chi connectivity index (χ0v) is 11.5. The first-order valence-corrected chi connectivity index (χ1v) is 7.18. The number of carbonyl (C=O) groups excluding carboxylic acids is 1. The van der Waals surface area contributed by atoms with Gasteiger partial charge in [0.05, 0.1) is 6.04 Å². The second kappa shape index (κ2) is 5.59. The predicted octanol–water partition coefficient (Wildman–Crippen LogP) is 2.99. The third-order valence-corrected chi connectivity index (χ3v) is 4.05. The summed E-state index contributed by atoms with van der Waals surface area (Å²) < 4.78 is 0. The first-order chi connectivity index (χ1) is 9.74. The number of nitrogens with two attached hydrogens (primary N) is 1. The molecule has 2 heteroatoms. The standard InChI is InChI=1S/C18H19NO/c19-18(15-5-2-1-3-6-15)17(20)12-13-9-10-14-7-4-8-16(14)11-13/h1-3,5-6,9-11,18H,4,7-8,12,19H2. The van der Waals surface area contributed by atoms with Crippen molar-refractivity contribution in [3.05, 3.63) is 70.8 Å². The Kier molecular flexibility index (Phi) is 3.66. The van der Waals surface area contributed by atoms with Crippen molar-refractivity contribution in [3.8, 4) is 0 Å². The van der Waals surface area contributed by atoms with Crippen LogP contribution in [-0.2, 0) is 24.1 Å². The lowest BCUT2D eigenvalue weighted by Gasteiger charge is -2.11. The van der Waals surface area contributed by atoms with Crippen molar-refractivity contribution >= 4 is 5.78 Å². The number of benzene rings is 2. The SMILES string of the molecule is NC(C(=O)Cc1ccc2c(c1)CCC2)c1ccccc1. The van der Waals surface area contributed by atoms with E-state index in [1.54, 1.807) is 0 Å². The van der Waals surface area contributed by atoms with Gasteiger partial charge in [0.1, 0.15) is 0 Å². The zero-order valence-electron chi connectivity index (χ0n) is 11.5. The fraction of sp³-hybridized carbons (Fsp3) is 0.278. The molecule has 2 N–H and O–H groups in total. The molecule has 0 heterocycles. The summed E-state index contributed by atoms with van der Waals surface area (Å²) in [7, 11) is 0. The third kappa shape index (κ3) is 2.66. The summed E-state index contributed by atoms with van der Waals surface area (Å²) in [6, 6.07) is 15.5. The van der Waals surface area contributed by atoms with Crippen LogP contribution < -0.4 is 5.73 Å². The summed E-state index contributed by atoms with van der Waals surface area (Å²) >= 11 is 0. The van der Waals surface area contributed by atoms with Gasteiger partial charge in [0.15, 0.2) is 5.78 Å². The van der Waals surface area contributed by atoms with Gasteiger partial charge < -0.3 is 5.73 Å². The van der Waals surface area contributed by atoms with Gasteiger partial charge in [-0.1, -0.05) is 48.5 Å². The molecule has 0 spiro atoms. The molecule has 0 bridgehead atoms. The molecule has 102 valence electrons. The van der Waals surface area contributed by atoms with Gasteiger partial charge in [-0.25, -0.2) is 0 Å². The number of Topliss-reactive ketones (excluding diaryl/α,β-unsaturated/α-hetero) is 1. The van der Waals surface area contributed by atoms with Crippen molar-refractivity contribution in [2.75, 3.05) is 0 Å². The molecule has 1 unspecified atom stereocenters. The average Bonchev–Trinajstić information content (AvgIpc) is 2.95. The van der Waals surface area contributed by atoms with E-state index in [4.69, 9.17) is 5.73 Å². The largest absolute Gasteiger partial charge is 0.318 e. The molecule has 0 saturated heterocycles. The molecule has 0 fully saturated rings. The topological polar surface area (TPSA) is 43.1 Å². The fourth-order valence-electron chi connectivity index (χ4n) is 2.89. The van der Waals surface area contributed by atoms with Gasteiger partial charge in [0, 0.05) is 6.42 Å². The molecular weight excluding hydrogens is 246 g/mol. The summed E-state index contributed by atoms with van der Waals surface area (Å²) in [5, 5.41) is 0. The van der Waals surface area contributed by atoms with E-state index in [2.05, 4.69) is 18.2 Å². The van der Waals surface area contributed by atoms with Crippen LogP contribution in [0.2, 0.25) is 0 Å². The van der Waals surface area contributed by atoms with Crippen LogP contribution in [0.15, 0.2) is 48.5 Å². The van der Waals surface area contributed by atoms with Gasteiger partial charge in [-0.2, -0.15) is 0 Å². The van der Waals surface area contributed by atoms with E-state index in [9.17, 15) is 4.79 Å².